The third-order valence-electron chi connectivity index (χ3n) is 3.58. The van der Waals surface area contributed by atoms with Gasteiger partial charge in [-0.1, -0.05) is 12.1 Å². The summed E-state index contributed by atoms with van der Waals surface area (Å²) in [5.41, 5.74) is 1.92. The van der Waals surface area contributed by atoms with Gasteiger partial charge in [-0.2, -0.15) is 0 Å². The molecule has 1 aromatic carbocycles. The van der Waals surface area contributed by atoms with Crippen LogP contribution in [-0.2, 0) is 16.4 Å². The van der Waals surface area contributed by atoms with E-state index in [0.29, 0.717) is 24.2 Å². The second kappa shape index (κ2) is 8.11. The molecule has 2 aromatic heterocycles. The van der Waals surface area contributed by atoms with Crippen LogP contribution in [0.3, 0.4) is 0 Å². The largest absolute Gasteiger partial charge is 0.352 e. The molecular formula is C18H17N3O3S2. The molecule has 0 aliphatic carbocycles. The molecule has 134 valence electrons. The first-order chi connectivity index (χ1) is 12.5. The summed E-state index contributed by atoms with van der Waals surface area (Å²) in [6.45, 7) is 0.497. The molecule has 0 radical (unpaired) electrons. The number of carbonyl (C=O) groups excluding carboxylic acids is 1. The van der Waals surface area contributed by atoms with Crippen molar-refractivity contribution in [3.8, 4) is 0 Å². The van der Waals surface area contributed by atoms with Gasteiger partial charge in [0.25, 0.3) is 15.9 Å². The maximum absolute atomic E-state index is 12.2. The summed E-state index contributed by atoms with van der Waals surface area (Å²) in [5, 5.41) is 4.54. The predicted molar refractivity (Wildman–Crippen MR) is 102 cm³/mol. The van der Waals surface area contributed by atoms with Crippen LogP contribution in [0.1, 0.15) is 15.9 Å². The Morgan fingerprint density at radius 2 is 1.88 bits per heavy atom. The molecule has 0 saturated heterocycles. The van der Waals surface area contributed by atoms with Crippen LogP contribution in [0.15, 0.2) is 70.5 Å². The number of anilines is 1. The zero-order valence-electron chi connectivity index (χ0n) is 13.8. The Hall–Kier alpha value is -2.71. The molecule has 0 aliphatic heterocycles. The van der Waals surface area contributed by atoms with E-state index in [9.17, 15) is 13.2 Å². The molecule has 0 saturated carbocycles. The highest BCUT2D eigenvalue weighted by Gasteiger charge is 2.15. The summed E-state index contributed by atoms with van der Waals surface area (Å²) in [5.74, 6) is -0.207. The maximum Gasteiger partial charge on any atom is 0.271 e. The fraction of sp³-hybridized carbons (Fsp3) is 0.111. The van der Waals surface area contributed by atoms with E-state index in [1.54, 1.807) is 48.1 Å². The number of thiophene rings is 1. The highest BCUT2D eigenvalue weighted by molar-refractivity contribution is 7.94. The van der Waals surface area contributed by atoms with Gasteiger partial charge >= 0.3 is 0 Å². The molecular weight excluding hydrogens is 370 g/mol. The van der Waals surface area contributed by atoms with Gasteiger partial charge in [0.15, 0.2) is 0 Å². The van der Waals surface area contributed by atoms with E-state index in [2.05, 4.69) is 15.0 Å². The summed E-state index contributed by atoms with van der Waals surface area (Å²) < 4.78 is 27.1. The fourth-order valence-corrected chi connectivity index (χ4v) is 4.33. The Kier molecular flexibility index (Phi) is 5.65. The maximum atomic E-state index is 12.2. The topological polar surface area (TPSA) is 88.2 Å². The second-order valence-electron chi connectivity index (χ2n) is 5.48. The first-order valence-corrected chi connectivity index (χ1v) is 10.2. The minimum absolute atomic E-state index is 0.207. The third-order valence-corrected chi connectivity index (χ3v) is 6.36. The minimum atomic E-state index is -3.59. The van der Waals surface area contributed by atoms with Gasteiger partial charge in [0.1, 0.15) is 4.21 Å². The lowest BCUT2D eigenvalue weighted by atomic mass is 10.2. The molecule has 8 heteroatoms. The van der Waals surface area contributed by atoms with Crippen LogP contribution in [0.5, 0.6) is 0 Å². The van der Waals surface area contributed by atoms with Crippen molar-refractivity contribution >= 4 is 33.0 Å². The highest BCUT2D eigenvalue weighted by atomic mass is 32.2. The first kappa shape index (κ1) is 18.1. The average molecular weight is 387 g/mol. The molecule has 1 amide bonds. The summed E-state index contributed by atoms with van der Waals surface area (Å²) in [7, 11) is -3.59. The zero-order chi connectivity index (χ0) is 18.4. The van der Waals surface area contributed by atoms with Crippen molar-refractivity contribution in [3.05, 3.63) is 77.4 Å². The van der Waals surface area contributed by atoms with Crippen molar-refractivity contribution in [1.82, 2.24) is 10.3 Å². The number of sulfonamides is 1. The van der Waals surface area contributed by atoms with Crippen LogP contribution >= 0.6 is 11.3 Å². The number of benzene rings is 1. The molecule has 0 bridgehead atoms. The standard InChI is InChI=1S/C18H17N3O3S2/c22-18(20-11-9-14-3-1-10-19-13-14)15-5-7-16(8-6-15)21-26(23,24)17-4-2-12-25-17/h1-8,10,12-13,21H,9,11H2,(H,20,22). The minimum Gasteiger partial charge on any atom is -0.352 e. The fourth-order valence-electron chi connectivity index (χ4n) is 2.28. The Balaban J connectivity index is 1.56. The van der Waals surface area contributed by atoms with E-state index in [-0.39, 0.29) is 10.1 Å². The molecule has 26 heavy (non-hydrogen) atoms. The number of hydrogen-bond donors (Lipinski definition) is 2. The molecule has 0 atom stereocenters. The summed E-state index contributed by atoms with van der Waals surface area (Å²) >= 11 is 1.15. The Bertz CT molecular complexity index is 955. The van der Waals surface area contributed by atoms with E-state index < -0.39 is 10.0 Å². The highest BCUT2D eigenvalue weighted by Crippen LogP contribution is 2.20. The van der Waals surface area contributed by atoms with Gasteiger partial charge < -0.3 is 5.32 Å². The lowest BCUT2D eigenvalue weighted by molar-refractivity contribution is 0.0954. The summed E-state index contributed by atoms with van der Waals surface area (Å²) in [6, 6.07) is 13.3. The predicted octanol–water partition coefficient (Wildman–Crippen LogP) is 2.92. The van der Waals surface area contributed by atoms with Crippen LogP contribution in [0.25, 0.3) is 0 Å². The number of nitrogens with zero attached hydrogens (tertiary/aromatic N) is 1. The van der Waals surface area contributed by atoms with E-state index in [1.807, 2.05) is 12.1 Å². The van der Waals surface area contributed by atoms with Crippen LogP contribution < -0.4 is 10.0 Å². The Labute approximate surface area is 156 Å². The lowest BCUT2D eigenvalue weighted by Crippen LogP contribution is -2.25. The van der Waals surface area contributed by atoms with Crippen LogP contribution in [0.2, 0.25) is 0 Å². The molecule has 2 heterocycles. The van der Waals surface area contributed by atoms with E-state index in [4.69, 9.17) is 0 Å². The molecule has 0 aliphatic rings. The number of carbonyl (C=O) groups is 1. The average Bonchev–Trinajstić information content (AvgIpc) is 3.19. The van der Waals surface area contributed by atoms with Gasteiger partial charge in [-0.15, -0.1) is 11.3 Å². The molecule has 0 spiro atoms. The molecule has 0 fully saturated rings. The van der Waals surface area contributed by atoms with Crippen molar-refractivity contribution in [2.75, 3.05) is 11.3 Å². The smallest absolute Gasteiger partial charge is 0.271 e. The lowest BCUT2D eigenvalue weighted by Gasteiger charge is -2.08. The summed E-state index contributed by atoms with van der Waals surface area (Å²) in [4.78, 5) is 16.2. The summed E-state index contributed by atoms with van der Waals surface area (Å²) in [6.07, 6.45) is 4.16. The molecule has 3 rings (SSSR count). The SMILES string of the molecule is O=C(NCCc1cccnc1)c1ccc(NS(=O)(=O)c2cccs2)cc1. The van der Waals surface area contributed by atoms with Gasteiger partial charge in [-0.05, 0) is 53.8 Å². The van der Waals surface area contributed by atoms with Gasteiger partial charge in [-0.3, -0.25) is 14.5 Å². The van der Waals surface area contributed by atoms with Gasteiger partial charge in [0.2, 0.25) is 0 Å². The van der Waals surface area contributed by atoms with Crippen molar-refractivity contribution in [2.24, 2.45) is 0 Å². The number of rotatable bonds is 7. The third kappa shape index (κ3) is 4.68. The number of amides is 1. The zero-order valence-corrected chi connectivity index (χ0v) is 15.4. The Morgan fingerprint density at radius 3 is 2.54 bits per heavy atom. The monoisotopic (exact) mass is 387 g/mol. The molecule has 6 nitrogen and oxygen atoms in total. The van der Waals surface area contributed by atoms with Crippen LogP contribution in [0.4, 0.5) is 5.69 Å². The van der Waals surface area contributed by atoms with E-state index in [0.717, 1.165) is 16.9 Å². The second-order valence-corrected chi connectivity index (χ2v) is 8.34. The number of pyridine rings is 1. The number of hydrogen-bond acceptors (Lipinski definition) is 5. The molecule has 3 aromatic rings. The van der Waals surface area contributed by atoms with Gasteiger partial charge in [-0.25, -0.2) is 8.42 Å². The molecule has 2 N–H and O–H groups in total. The van der Waals surface area contributed by atoms with Crippen molar-refractivity contribution in [3.63, 3.8) is 0 Å². The molecule has 0 unspecified atom stereocenters. The Morgan fingerprint density at radius 1 is 1.08 bits per heavy atom. The van der Waals surface area contributed by atoms with Crippen molar-refractivity contribution in [2.45, 2.75) is 10.6 Å². The number of aromatic nitrogens is 1. The quantitative estimate of drug-likeness (QED) is 0.652. The first-order valence-electron chi connectivity index (χ1n) is 7.88. The van der Waals surface area contributed by atoms with Crippen molar-refractivity contribution in [1.29, 1.82) is 0 Å². The van der Waals surface area contributed by atoms with Crippen LogP contribution in [0, 0.1) is 0 Å². The van der Waals surface area contributed by atoms with Crippen molar-refractivity contribution < 1.29 is 13.2 Å². The van der Waals surface area contributed by atoms with Gasteiger partial charge in [0.05, 0.1) is 0 Å². The van der Waals surface area contributed by atoms with E-state index >= 15 is 0 Å². The normalized spacial score (nSPS) is 11.1. The number of nitrogens with one attached hydrogen (secondary N) is 2. The van der Waals surface area contributed by atoms with E-state index in [1.165, 1.54) is 6.07 Å². The van der Waals surface area contributed by atoms with Crippen LogP contribution in [-0.4, -0.2) is 25.9 Å². The van der Waals surface area contributed by atoms with Gasteiger partial charge in [0, 0.05) is 30.2 Å².